The number of carbonyl (C=O) groups is 2. The number of ether oxygens (including phenoxy) is 1. The van der Waals surface area contributed by atoms with Gasteiger partial charge in [0.15, 0.2) is 0 Å². The zero-order valence-corrected chi connectivity index (χ0v) is 20.0. The van der Waals surface area contributed by atoms with Crippen molar-refractivity contribution in [3.63, 3.8) is 0 Å². The van der Waals surface area contributed by atoms with Gasteiger partial charge in [0.05, 0.1) is 36.3 Å². The standard InChI is InChI=1S/C27H26FN5O3/c1-3-36-24(34)16-29-27(35)32-17-22-18(2)30-33(21-11-5-4-6-12-21)26(22)31-14-8-13-23(31)25(32)19-9-7-10-20(28)15-19/h4-15,25H,3,16-17H2,1-2H3,(H,29,35). The largest absolute Gasteiger partial charge is 0.465 e. The number of fused-ring (bicyclic) bond motifs is 3. The monoisotopic (exact) mass is 487 g/mol. The lowest BCUT2D eigenvalue weighted by molar-refractivity contribution is -0.141. The Hall–Kier alpha value is -4.40. The van der Waals surface area contributed by atoms with Crippen molar-refractivity contribution in [1.29, 1.82) is 0 Å². The number of esters is 1. The molecule has 0 spiro atoms. The second-order valence-corrected chi connectivity index (χ2v) is 8.49. The summed E-state index contributed by atoms with van der Waals surface area (Å²) in [7, 11) is 0. The van der Waals surface area contributed by atoms with Gasteiger partial charge in [-0.25, -0.2) is 13.9 Å². The maximum atomic E-state index is 14.3. The molecule has 2 amide bonds. The molecule has 9 heteroatoms. The lowest BCUT2D eigenvalue weighted by Gasteiger charge is -2.31. The van der Waals surface area contributed by atoms with E-state index in [2.05, 4.69) is 5.32 Å². The van der Waals surface area contributed by atoms with Gasteiger partial charge in [-0.15, -0.1) is 0 Å². The van der Waals surface area contributed by atoms with E-state index < -0.39 is 23.9 Å². The molecular formula is C27H26FN5O3. The van der Waals surface area contributed by atoms with Crippen LogP contribution in [0.1, 0.15) is 35.5 Å². The summed E-state index contributed by atoms with van der Waals surface area (Å²) >= 11 is 0. The zero-order chi connectivity index (χ0) is 25.2. The molecule has 1 atom stereocenters. The van der Waals surface area contributed by atoms with Crippen molar-refractivity contribution in [2.75, 3.05) is 13.2 Å². The van der Waals surface area contributed by atoms with E-state index in [0.717, 1.165) is 28.5 Å². The van der Waals surface area contributed by atoms with Crippen LogP contribution in [0.15, 0.2) is 72.9 Å². The lowest BCUT2D eigenvalue weighted by atomic mass is 10.0. The van der Waals surface area contributed by atoms with Crippen LogP contribution in [-0.4, -0.2) is 44.4 Å². The van der Waals surface area contributed by atoms with Gasteiger partial charge in [0.25, 0.3) is 0 Å². The number of carbonyl (C=O) groups excluding carboxylic acids is 2. The minimum absolute atomic E-state index is 0.200. The molecule has 184 valence electrons. The molecule has 36 heavy (non-hydrogen) atoms. The van der Waals surface area contributed by atoms with E-state index in [1.54, 1.807) is 24.0 Å². The minimum Gasteiger partial charge on any atom is -0.465 e. The number of rotatable bonds is 5. The molecule has 0 aliphatic carbocycles. The fourth-order valence-corrected chi connectivity index (χ4v) is 4.64. The van der Waals surface area contributed by atoms with Crippen molar-refractivity contribution in [2.24, 2.45) is 0 Å². The van der Waals surface area contributed by atoms with E-state index in [1.807, 2.05) is 64.8 Å². The summed E-state index contributed by atoms with van der Waals surface area (Å²) in [6.07, 6.45) is 1.92. The maximum absolute atomic E-state index is 14.3. The molecule has 1 unspecified atom stereocenters. The summed E-state index contributed by atoms with van der Waals surface area (Å²) in [5.41, 5.74) is 3.87. The number of aromatic nitrogens is 3. The normalized spacial score (nSPS) is 14.5. The molecule has 4 aromatic rings. The third-order valence-corrected chi connectivity index (χ3v) is 6.20. The highest BCUT2D eigenvalue weighted by molar-refractivity contribution is 5.81. The van der Waals surface area contributed by atoms with Crippen LogP contribution in [0.2, 0.25) is 0 Å². The van der Waals surface area contributed by atoms with Gasteiger partial charge >= 0.3 is 12.0 Å². The zero-order valence-electron chi connectivity index (χ0n) is 20.0. The van der Waals surface area contributed by atoms with Gasteiger partial charge in [0.1, 0.15) is 18.2 Å². The number of urea groups is 1. The summed E-state index contributed by atoms with van der Waals surface area (Å²) in [5, 5.41) is 7.46. The Morgan fingerprint density at radius 3 is 2.67 bits per heavy atom. The second-order valence-electron chi connectivity index (χ2n) is 8.49. The first kappa shape index (κ1) is 23.3. The number of amides is 2. The van der Waals surface area contributed by atoms with Gasteiger partial charge in [0, 0.05) is 11.8 Å². The average molecular weight is 488 g/mol. The van der Waals surface area contributed by atoms with Crippen molar-refractivity contribution >= 4 is 12.0 Å². The van der Waals surface area contributed by atoms with Crippen LogP contribution in [-0.2, 0) is 16.1 Å². The number of halogens is 1. The number of aryl methyl sites for hydroxylation is 1. The molecule has 3 heterocycles. The average Bonchev–Trinajstić information content (AvgIpc) is 3.43. The molecule has 0 radical (unpaired) electrons. The molecule has 1 aliphatic rings. The van der Waals surface area contributed by atoms with Crippen LogP contribution in [0, 0.1) is 12.7 Å². The van der Waals surface area contributed by atoms with E-state index in [4.69, 9.17) is 9.84 Å². The molecular weight excluding hydrogens is 461 g/mol. The quantitative estimate of drug-likeness (QED) is 0.426. The van der Waals surface area contributed by atoms with Crippen LogP contribution in [0.25, 0.3) is 11.5 Å². The number of hydrogen-bond acceptors (Lipinski definition) is 4. The SMILES string of the molecule is CCOC(=O)CNC(=O)N1Cc2c(C)nn(-c3ccccc3)c2-n2cccc2C1c1cccc(F)c1. The van der Waals surface area contributed by atoms with E-state index in [1.165, 1.54) is 12.1 Å². The third kappa shape index (κ3) is 4.24. The number of hydrogen-bond donors (Lipinski definition) is 1. The fraction of sp³-hybridized carbons (Fsp3) is 0.222. The van der Waals surface area contributed by atoms with Crippen LogP contribution < -0.4 is 5.32 Å². The lowest BCUT2D eigenvalue weighted by Crippen LogP contribution is -2.44. The van der Waals surface area contributed by atoms with E-state index >= 15 is 0 Å². The van der Waals surface area contributed by atoms with Gasteiger partial charge in [-0.05, 0) is 55.8 Å². The van der Waals surface area contributed by atoms with Crippen LogP contribution in [0.3, 0.4) is 0 Å². The fourth-order valence-electron chi connectivity index (χ4n) is 4.64. The number of nitrogens with zero attached hydrogens (tertiary/aromatic N) is 4. The number of nitrogens with one attached hydrogen (secondary N) is 1. The predicted molar refractivity (Wildman–Crippen MR) is 131 cm³/mol. The first-order valence-electron chi connectivity index (χ1n) is 11.7. The summed E-state index contributed by atoms with van der Waals surface area (Å²) in [6, 6.07) is 18.7. The summed E-state index contributed by atoms with van der Waals surface area (Å²) in [6.45, 7) is 3.76. The predicted octanol–water partition coefficient (Wildman–Crippen LogP) is 4.29. The van der Waals surface area contributed by atoms with E-state index in [0.29, 0.717) is 5.56 Å². The molecule has 1 aliphatic heterocycles. The minimum atomic E-state index is -0.617. The van der Waals surface area contributed by atoms with E-state index in [-0.39, 0.29) is 19.7 Å². The molecule has 5 rings (SSSR count). The summed E-state index contributed by atoms with van der Waals surface area (Å²) in [4.78, 5) is 27.1. The summed E-state index contributed by atoms with van der Waals surface area (Å²) < 4.78 is 23.2. The van der Waals surface area contributed by atoms with Crippen molar-refractivity contribution in [1.82, 2.24) is 24.6 Å². The summed E-state index contributed by atoms with van der Waals surface area (Å²) in [5.74, 6) is -0.119. The molecule has 0 saturated carbocycles. The number of para-hydroxylation sites is 1. The Labute approximate surface area is 207 Å². The van der Waals surface area contributed by atoms with Crippen molar-refractivity contribution in [3.05, 3.63) is 101 Å². The second kappa shape index (κ2) is 9.69. The Balaban J connectivity index is 1.66. The van der Waals surface area contributed by atoms with Crippen LogP contribution in [0.4, 0.5) is 9.18 Å². The molecule has 2 aromatic carbocycles. The Morgan fingerprint density at radius 2 is 1.92 bits per heavy atom. The third-order valence-electron chi connectivity index (χ3n) is 6.20. The van der Waals surface area contributed by atoms with Crippen LogP contribution in [0.5, 0.6) is 0 Å². The Kier molecular flexibility index (Phi) is 6.28. The van der Waals surface area contributed by atoms with Gasteiger partial charge in [-0.2, -0.15) is 5.10 Å². The highest BCUT2D eigenvalue weighted by atomic mass is 19.1. The molecule has 0 fully saturated rings. The van der Waals surface area contributed by atoms with Gasteiger partial charge in [-0.1, -0.05) is 30.3 Å². The Morgan fingerprint density at radius 1 is 1.11 bits per heavy atom. The first-order valence-corrected chi connectivity index (χ1v) is 11.7. The van der Waals surface area contributed by atoms with Crippen molar-refractivity contribution in [3.8, 4) is 11.5 Å². The highest BCUT2D eigenvalue weighted by Crippen LogP contribution is 2.38. The van der Waals surface area contributed by atoms with Crippen molar-refractivity contribution in [2.45, 2.75) is 26.4 Å². The molecule has 0 bridgehead atoms. The highest BCUT2D eigenvalue weighted by Gasteiger charge is 2.36. The topological polar surface area (TPSA) is 81.4 Å². The molecule has 0 saturated heterocycles. The van der Waals surface area contributed by atoms with E-state index in [9.17, 15) is 14.0 Å². The molecule has 1 N–H and O–H groups in total. The molecule has 8 nitrogen and oxygen atoms in total. The maximum Gasteiger partial charge on any atom is 0.325 e. The van der Waals surface area contributed by atoms with Gasteiger partial charge < -0.3 is 19.5 Å². The van der Waals surface area contributed by atoms with Crippen molar-refractivity contribution < 1.29 is 18.7 Å². The van der Waals surface area contributed by atoms with Gasteiger partial charge in [-0.3, -0.25) is 4.79 Å². The van der Waals surface area contributed by atoms with Crippen LogP contribution >= 0.6 is 0 Å². The van der Waals surface area contributed by atoms with Gasteiger partial charge in [0.2, 0.25) is 0 Å². The number of benzene rings is 2. The molecule has 2 aromatic heterocycles. The first-order chi connectivity index (χ1) is 17.5. The Bertz CT molecular complexity index is 1410. The smallest absolute Gasteiger partial charge is 0.325 e.